The maximum Gasteiger partial charge on any atom is 0.375 e. The zero-order chi connectivity index (χ0) is 12.9. The lowest BCUT2D eigenvalue weighted by molar-refractivity contribution is 0.0684. The molecule has 0 aliphatic heterocycles. The molecule has 18 heavy (non-hydrogen) atoms. The number of halogens is 1. The fraction of sp³-hybridized carbons (Fsp3) is 0. The Balaban J connectivity index is 2.53. The standard InChI is InChI=1S/C10H5BrN4O3/c11-4-1-2-5-6(3-4)12-10(18)15-8(5)13-7(14-15)9(16)17/h1-3H,(H,12,18)(H,16,17). The van der Waals surface area contributed by atoms with Gasteiger partial charge in [-0.1, -0.05) is 15.9 Å². The van der Waals surface area contributed by atoms with Crippen LogP contribution in [0.25, 0.3) is 16.6 Å². The first-order chi connectivity index (χ1) is 8.56. The van der Waals surface area contributed by atoms with E-state index in [1.165, 1.54) is 0 Å². The van der Waals surface area contributed by atoms with Crippen molar-refractivity contribution in [2.24, 2.45) is 0 Å². The summed E-state index contributed by atoms with van der Waals surface area (Å²) < 4.78 is 1.74. The normalized spacial score (nSPS) is 11.2. The van der Waals surface area contributed by atoms with Gasteiger partial charge in [0.1, 0.15) is 0 Å². The van der Waals surface area contributed by atoms with Gasteiger partial charge in [-0.15, -0.1) is 5.10 Å². The molecule has 2 heterocycles. The molecule has 3 aromatic rings. The van der Waals surface area contributed by atoms with Gasteiger partial charge < -0.3 is 10.1 Å². The van der Waals surface area contributed by atoms with Crippen molar-refractivity contribution in [2.75, 3.05) is 0 Å². The van der Waals surface area contributed by atoms with Crippen molar-refractivity contribution in [3.8, 4) is 0 Å². The van der Waals surface area contributed by atoms with Gasteiger partial charge in [-0.25, -0.2) is 14.6 Å². The number of fused-ring (bicyclic) bond motifs is 3. The van der Waals surface area contributed by atoms with Crippen LogP contribution >= 0.6 is 15.9 Å². The Kier molecular flexibility index (Phi) is 2.20. The molecule has 2 N–H and O–H groups in total. The summed E-state index contributed by atoms with van der Waals surface area (Å²) in [5.74, 6) is -1.68. The number of benzene rings is 1. The fourth-order valence-electron chi connectivity index (χ4n) is 1.70. The van der Waals surface area contributed by atoms with E-state index in [4.69, 9.17) is 5.11 Å². The summed E-state index contributed by atoms with van der Waals surface area (Å²) in [4.78, 5) is 29.0. The third-order valence-electron chi connectivity index (χ3n) is 2.45. The number of hydrogen-bond acceptors (Lipinski definition) is 4. The SMILES string of the molecule is O=C(O)c1nc2c3ccc(Br)cc3[nH]c(=O)n2n1. The summed E-state index contributed by atoms with van der Waals surface area (Å²) in [6.07, 6.45) is 0. The van der Waals surface area contributed by atoms with Crippen molar-refractivity contribution in [3.63, 3.8) is 0 Å². The molecule has 1 aromatic carbocycles. The van der Waals surface area contributed by atoms with Crippen LogP contribution in [0.5, 0.6) is 0 Å². The molecule has 0 aliphatic carbocycles. The van der Waals surface area contributed by atoms with Crippen LogP contribution < -0.4 is 5.69 Å². The molecular weight excluding hydrogens is 304 g/mol. The lowest BCUT2D eigenvalue weighted by Crippen LogP contribution is -2.17. The first-order valence-electron chi connectivity index (χ1n) is 4.88. The second-order valence-corrected chi connectivity index (χ2v) is 4.51. The number of carboxylic acid groups (broad SMARTS) is 1. The van der Waals surface area contributed by atoms with Crippen LogP contribution in [0.2, 0.25) is 0 Å². The zero-order valence-corrected chi connectivity index (χ0v) is 10.3. The van der Waals surface area contributed by atoms with Gasteiger partial charge in [0.25, 0.3) is 5.82 Å². The minimum Gasteiger partial charge on any atom is -0.475 e. The van der Waals surface area contributed by atoms with Crippen molar-refractivity contribution < 1.29 is 9.90 Å². The molecule has 0 bridgehead atoms. The van der Waals surface area contributed by atoms with Crippen LogP contribution in [0.1, 0.15) is 10.6 Å². The molecule has 0 spiro atoms. The van der Waals surface area contributed by atoms with E-state index in [-0.39, 0.29) is 5.65 Å². The molecule has 2 aromatic heterocycles. The summed E-state index contributed by atoms with van der Waals surface area (Å²) in [6, 6.07) is 5.21. The minimum atomic E-state index is -1.27. The molecule has 0 atom stereocenters. The molecule has 0 saturated heterocycles. The minimum absolute atomic E-state index is 0.221. The topological polar surface area (TPSA) is 100 Å². The third kappa shape index (κ3) is 1.50. The first kappa shape index (κ1) is 10.9. The molecular formula is C10H5BrN4O3. The van der Waals surface area contributed by atoms with Crippen molar-refractivity contribution in [2.45, 2.75) is 0 Å². The van der Waals surface area contributed by atoms with E-state index in [0.717, 1.165) is 8.99 Å². The van der Waals surface area contributed by atoms with Crippen molar-refractivity contribution >= 4 is 38.4 Å². The molecule has 0 fully saturated rings. The highest BCUT2D eigenvalue weighted by Crippen LogP contribution is 2.19. The predicted molar refractivity (Wildman–Crippen MR) is 65.8 cm³/mol. The Bertz CT molecular complexity index is 851. The molecule has 0 saturated carbocycles. The molecule has 8 heteroatoms. The van der Waals surface area contributed by atoms with Crippen LogP contribution in [0, 0.1) is 0 Å². The van der Waals surface area contributed by atoms with E-state index >= 15 is 0 Å². The van der Waals surface area contributed by atoms with Gasteiger partial charge in [0.05, 0.1) is 5.52 Å². The lowest BCUT2D eigenvalue weighted by atomic mass is 10.2. The van der Waals surface area contributed by atoms with Crippen LogP contribution in [0.15, 0.2) is 27.5 Å². The number of nitrogens with zero attached hydrogens (tertiary/aromatic N) is 3. The highest BCUT2D eigenvalue weighted by atomic mass is 79.9. The number of hydrogen-bond donors (Lipinski definition) is 2. The highest BCUT2D eigenvalue weighted by Gasteiger charge is 2.15. The van der Waals surface area contributed by atoms with E-state index in [0.29, 0.717) is 10.9 Å². The summed E-state index contributed by atoms with van der Waals surface area (Å²) in [6.45, 7) is 0. The average molecular weight is 309 g/mol. The Morgan fingerprint density at radius 3 is 2.94 bits per heavy atom. The van der Waals surface area contributed by atoms with Crippen molar-refractivity contribution in [1.82, 2.24) is 19.6 Å². The molecule has 0 radical (unpaired) electrons. The second-order valence-electron chi connectivity index (χ2n) is 3.60. The maximum atomic E-state index is 11.7. The first-order valence-corrected chi connectivity index (χ1v) is 5.67. The number of aromatic amines is 1. The monoisotopic (exact) mass is 308 g/mol. The quantitative estimate of drug-likeness (QED) is 0.699. The summed E-state index contributed by atoms with van der Waals surface area (Å²) in [5, 5.41) is 13.1. The largest absolute Gasteiger partial charge is 0.475 e. The number of rotatable bonds is 1. The number of carbonyl (C=O) groups is 1. The van der Waals surface area contributed by atoms with Gasteiger partial charge in [-0.3, -0.25) is 0 Å². The molecule has 0 aliphatic rings. The van der Waals surface area contributed by atoms with Crippen molar-refractivity contribution in [3.05, 3.63) is 39.0 Å². The summed E-state index contributed by atoms with van der Waals surface area (Å²) >= 11 is 3.29. The highest BCUT2D eigenvalue weighted by molar-refractivity contribution is 9.10. The Hall–Kier alpha value is -2.22. The number of aromatic carboxylic acids is 1. The molecule has 7 nitrogen and oxygen atoms in total. The van der Waals surface area contributed by atoms with E-state index in [1.54, 1.807) is 18.2 Å². The number of nitrogens with one attached hydrogen (secondary N) is 1. The van der Waals surface area contributed by atoms with Gasteiger partial charge in [0.15, 0.2) is 5.65 Å². The Morgan fingerprint density at radius 2 is 2.22 bits per heavy atom. The van der Waals surface area contributed by atoms with Crippen molar-refractivity contribution in [1.29, 1.82) is 0 Å². The molecule has 90 valence electrons. The van der Waals surface area contributed by atoms with Gasteiger partial charge in [-0.05, 0) is 18.2 Å². The van der Waals surface area contributed by atoms with Gasteiger partial charge in [-0.2, -0.15) is 4.52 Å². The molecule has 0 unspecified atom stereocenters. The van der Waals surface area contributed by atoms with E-state index in [9.17, 15) is 9.59 Å². The van der Waals surface area contributed by atoms with E-state index in [2.05, 4.69) is 31.0 Å². The van der Waals surface area contributed by atoms with E-state index < -0.39 is 17.5 Å². The smallest absolute Gasteiger partial charge is 0.375 e. The summed E-state index contributed by atoms with van der Waals surface area (Å²) in [7, 11) is 0. The van der Waals surface area contributed by atoms with E-state index in [1.807, 2.05) is 0 Å². The zero-order valence-electron chi connectivity index (χ0n) is 8.72. The fourth-order valence-corrected chi connectivity index (χ4v) is 2.06. The van der Waals surface area contributed by atoms with Crippen LogP contribution in [0.4, 0.5) is 0 Å². The van der Waals surface area contributed by atoms with Gasteiger partial charge in [0.2, 0.25) is 0 Å². The third-order valence-corrected chi connectivity index (χ3v) is 2.95. The maximum absolute atomic E-state index is 11.7. The molecule has 0 amide bonds. The second kappa shape index (κ2) is 3.64. The summed E-state index contributed by atoms with van der Waals surface area (Å²) in [5.41, 5.74) is 0.250. The number of aromatic nitrogens is 4. The Morgan fingerprint density at radius 1 is 1.44 bits per heavy atom. The van der Waals surface area contributed by atoms with Gasteiger partial charge in [0, 0.05) is 9.86 Å². The van der Waals surface area contributed by atoms with Gasteiger partial charge >= 0.3 is 11.7 Å². The van der Waals surface area contributed by atoms with Crippen LogP contribution in [-0.4, -0.2) is 30.7 Å². The molecule has 3 rings (SSSR count). The van der Waals surface area contributed by atoms with Crippen LogP contribution in [-0.2, 0) is 0 Å². The van der Waals surface area contributed by atoms with Crippen LogP contribution in [0.3, 0.4) is 0 Å². The lowest BCUT2D eigenvalue weighted by Gasteiger charge is -1.99. The average Bonchev–Trinajstić information content (AvgIpc) is 2.74. The Labute approximate surface area is 107 Å². The number of H-pyrrole nitrogens is 1. The predicted octanol–water partition coefficient (Wildman–Crippen LogP) is 1.03. The number of carboxylic acids is 1.